The van der Waals surface area contributed by atoms with Crippen molar-refractivity contribution in [2.75, 3.05) is 24.2 Å². The van der Waals surface area contributed by atoms with Crippen molar-refractivity contribution in [1.82, 2.24) is 0 Å². The van der Waals surface area contributed by atoms with Crippen LogP contribution >= 0.6 is 11.3 Å². The largest absolute Gasteiger partial charge is 0.394 e. The molecule has 5 heteroatoms. The highest BCUT2D eigenvalue weighted by Gasteiger charge is 2.01. The molecule has 68 valence electrons. The van der Waals surface area contributed by atoms with Crippen molar-refractivity contribution in [3.63, 3.8) is 0 Å². The summed E-state index contributed by atoms with van der Waals surface area (Å²) in [4.78, 5) is 0. The zero-order chi connectivity index (χ0) is 8.97. The molecule has 1 rings (SSSR count). The molecule has 1 unspecified atom stereocenters. The Morgan fingerprint density at radius 2 is 2.33 bits per heavy atom. The molecule has 0 amide bonds. The standard InChI is InChI=1S/C7H12N2O2S/c8-6-1-2-7(12-6)9-3-5(11)4-10/h1-2,5,9-11H,3-4,8H2. The maximum atomic E-state index is 8.99. The highest BCUT2D eigenvalue weighted by molar-refractivity contribution is 7.19. The predicted molar refractivity (Wildman–Crippen MR) is 50.3 cm³/mol. The van der Waals surface area contributed by atoms with E-state index in [-0.39, 0.29) is 6.61 Å². The van der Waals surface area contributed by atoms with Gasteiger partial charge in [-0.25, -0.2) is 0 Å². The Labute approximate surface area is 74.6 Å². The highest BCUT2D eigenvalue weighted by Crippen LogP contribution is 2.23. The lowest BCUT2D eigenvalue weighted by molar-refractivity contribution is 0.105. The van der Waals surface area contributed by atoms with E-state index in [0.717, 1.165) is 10.0 Å². The van der Waals surface area contributed by atoms with Crippen LogP contribution in [0.4, 0.5) is 10.0 Å². The van der Waals surface area contributed by atoms with Gasteiger partial charge < -0.3 is 21.3 Å². The molecule has 0 aromatic carbocycles. The molecule has 0 bridgehead atoms. The number of rotatable bonds is 4. The fraction of sp³-hybridized carbons (Fsp3) is 0.429. The summed E-state index contributed by atoms with van der Waals surface area (Å²) in [5, 5.41) is 22.1. The van der Waals surface area contributed by atoms with Crippen LogP contribution in [0.2, 0.25) is 0 Å². The van der Waals surface area contributed by atoms with Gasteiger partial charge in [0.05, 0.1) is 22.7 Å². The Morgan fingerprint density at radius 3 is 2.83 bits per heavy atom. The minimum absolute atomic E-state index is 0.228. The molecule has 5 N–H and O–H groups in total. The third-order valence-corrected chi connectivity index (χ3v) is 2.22. The van der Waals surface area contributed by atoms with E-state index in [9.17, 15) is 0 Å². The monoisotopic (exact) mass is 188 g/mol. The maximum absolute atomic E-state index is 8.99. The number of hydrogen-bond acceptors (Lipinski definition) is 5. The predicted octanol–water partition coefficient (Wildman–Crippen LogP) is 0.0954. The second-order valence-electron chi connectivity index (χ2n) is 2.42. The van der Waals surface area contributed by atoms with E-state index < -0.39 is 6.10 Å². The van der Waals surface area contributed by atoms with Crippen molar-refractivity contribution in [1.29, 1.82) is 0 Å². The third kappa shape index (κ3) is 2.69. The Kier molecular flexibility index (Phi) is 3.33. The fourth-order valence-corrected chi connectivity index (χ4v) is 1.41. The summed E-state index contributed by atoms with van der Waals surface area (Å²) < 4.78 is 0. The zero-order valence-electron chi connectivity index (χ0n) is 6.53. The summed E-state index contributed by atoms with van der Waals surface area (Å²) in [5.41, 5.74) is 5.48. The molecule has 0 radical (unpaired) electrons. The van der Waals surface area contributed by atoms with E-state index in [4.69, 9.17) is 15.9 Å². The van der Waals surface area contributed by atoms with Gasteiger partial charge in [-0.15, -0.1) is 11.3 Å². The summed E-state index contributed by atoms with van der Waals surface area (Å²) in [7, 11) is 0. The first kappa shape index (κ1) is 9.31. The molecule has 1 heterocycles. The van der Waals surface area contributed by atoms with Crippen LogP contribution in [0.3, 0.4) is 0 Å². The number of aliphatic hydroxyl groups is 2. The van der Waals surface area contributed by atoms with Crippen molar-refractivity contribution in [2.24, 2.45) is 0 Å². The van der Waals surface area contributed by atoms with Crippen LogP contribution in [0.5, 0.6) is 0 Å². The fourth-order valence-electron chi connectivity index (χ4n) is 0.731. The van der Waals surface area contributed by atoms with E-state index in [0.29, 0.717) is 6.54 Å². The molecular formula is C7H12N2O2S. The molecule has 0 aliphatic heterocycles. The van der Waals surface area contributed by atoms with Gasteiger partial charge in [0.1, 0.15) is 0 Å². The molecule has 12 heavy (non-hydrogen) atoms. The molecule has 1 aromatic heterocycles. The summed E-state index contributed by atoms with van der Waals surface area (Å²) in [6.07, 6.45) is -0.715. The summed E-state index contributed by atoms with van der Waals surface area (Å²) in [6.45, 7) is 0.115. The first-order chi connectivity index (χ1) is 5.72. The Morgan fingerprint density at radius 1 is 1.58 bits per heavy atom. The van der Waals surface area contributed by atoms with Crippen LogP contribution in [-0.4, -0.2) is 29.5 Å². The van der Waals surface area contributed by atoms with Crippen LogP contribution in [0.15, 0.2) is 12.1 Å². The molecular weight excluding hydrogens is 176 g/mol. The molecule has 1 atom stereocenters. The van der Waals surface area contributed by atoms with Gasteiger partial charge in [0, 0.05) is 6.54 Å². The number of nitrogens with two attached hydrogens (primary N) is 1. The minimum Gasteiger partial charge on any atom is -0.394 e. The van der Waals surface area contributed by atoms with Crippen LogP contribution in [0.1, 0.15) is 0 Å². The molecule has 0 saturated heterocycles. The first-order valence-corrected chi connectivity index (χ1v) is 4.42. The maximum Gasteiger partial charge on any atom is 0.0942 e. The van der Waals surface area contributed by atoms with Crippen molar-refractivity contribution >= 4 is 21.3 Å². The molecule has 0 spiro atoms. The molecule has 0 fully saturated rings. The third-order valence-electron chi connectivity index (χ3n) is 1.35. The van der Waals surface area contributed by atoms with Crippen LogP contribution in [-0.2, 0) is 0 Å². The second-order valence-corrected chi connectivity index (χ2v) is 3.53. The smallest absolute Gasteiger partial charge is 0.0942 e. The average molecular weight is 188 g/mol. The molecule has 0 aliphatic carbocycles. The van der Waals surface area contributed by atoms with Gasteiger partial charge in [-0.05, 0) is 12.1 Å². The van der Waals surface area contributed by atoms with Crippen molar-refractivity contribution in [3.8, 4) is 0 Å². The van der Waals surface area contributed by atoms with Gasteiger partial charge in [-0.1, -0.05) is 0 Å². The van der Waals surface area contributed by atoms with Crippen LogP contribution < -0.4 is 11.1 Å². The van der Waals surface area contributed by atoms with E-state index in [1.54, 1.807) is 6.07 Å². The number of nitrogen functional groups attached to an aromatic ring is 1. The van der Waals surface area contributed by atoms with Gasteiger partial charge in [0.25, 0.3) is 0 Å². The lowest BCUT2D eigenvalue weighted by Gasteiger charge is -2.07. The van der Waals surface area contributed by atoms with Gasteiger partial charge in [-0.2, -0.15) is 0 Å². The van der Waals surface area contributed by atoms with Gasteiger partial charge in [0.15, 0.2) is 0 Å². The second kappa shape index (κ2) is 4.30. The van der Waals surface area contributed by atoms with Gasteiger partial charge in [0.2, 0.25) is 0 Å². The molecule has 0 saturated carbocycles. The minimum atomic E-state index is -0.715. The number of anilines is 2. The lowest BCUT2D eigenvalue weighted by Crippen LogP contribution is -2.22. The van der Waals surface area contributed by atoms with E-state index in [1.165, 1.54) is 11.3 Å². The number of nitrogens with one attached hydrogen (secondary N) is 1. The number of thiophene rings is 1. The number of hydrogen-bond donors (Lipinski definition) is 4. The van der Waals surface area contributed by atoms with E-state index in [1.807, 2.05) is 6.07 Å². The van der Waals surface area contributed by atoms with Crippen molar-refractivity contribution in [3.05, 3.63) is 12.1 Å². The van der Waals surface area contributed by atoms with Gasteiger partial charge >= 0.3 is 0 Å². The lowest BCUT2D eigenvalue weighted by atomic mass is 10.4. The zero-order valence-corrected chi connectivity index (χ0v) is 7.34. The highest BCUT2D eigenvalue weighted by atomic mass is 32.1. The Balaban J connectivity index is 2.33. The normalized spacial score (nSPS) is 12.8. The quantitative estimate of drug-likeness (QED) is 0.540. The molecule has 0 aliphatic rings. The van der Waals surface area contributed by atoms with Crippen LogP contribution in [0, 0.1) is 0 Å². The number of aliphatic hydroxyl groups excluding tert-OH is 2. The SMILES string of the molecule is Nc1ccc(NCC(O)CO)s1. The summed E-state index contributed by atoms with van der Waals surface area (Å²) in [6, 6.07) is 3.63. The molecule has 4 nitrogen and oxygen atoms in total. The van der Waals surface area contributed by atoms with Gasteiger partial charge in [-0.3, -0.25) is 0 Å². The average Bonchev–Trinajstić information content (AvgIpc) is 2.47. The topological polar surface area (TPSA) is 78.5 Å². The van der Waals surface area contributed by atoms with E-state index >= 15 is 0 Å². The first-order valence-electron chi connectivity index (χ1n) is 3.60. The van der Waals surface area contributed by atoms with Crippen molar-refractivity contribution in [2.45, 2.75) is 6.10 Å². The Bertz CT molecular complexity index is 239. The molecule has 1 aromatic rings. The summed E-state index contributed by atoms with van der Waals surface area (Å²) >= 11 is 1.41. The summed E-state index contributed by atoms with van der Waals surface area (Å²) in [5.74, 6) is 0. The Hall–Kier alpha value is -0.780. The van der Waals surface area contributed by atoms with Crippen molar-refractivity contribution < 1.29 is 10.2 Å². The van der Waals surface area contributed by atoms with E-state index in [2.05, 4.69) is 5.32 Å². The van der Waals surface area contributed by atoms with Crippen LogP contribution in [0.25, 0.3) is 0 Å².